The molecule has 0 radical (unpaired) electrons. The van der Waals surface area contributed by atoms with Gasteiger partial charge in [-0.2, -0.15) is 0 Å². The number of rotatable bonds is 5. The zero-order valence-electron chi connectivity index (χ0n) is 12.3. The Bertz CT molecular complexity index is 745. The van der Waals surface area contributed by atoms with E-state index in [9.17, 15) is 4.79 Å². The molecule has 0 aliphatic heterocycles. The molecule has 0 spiro atoms. The number of hydrogen-bond acceptors (Lipinski definition) is 3. The van der Waals surface area contributed by atoms with Crippen LogP contribution in [0.25, 0.3) is 11.0 Å². The number of ether oxygens (including phenoxy) is 1. The van der Waals surface area contributed by atoms with Crippen LogP contribution in [-0.4, -0.2) is 22.5 Å². The summed E-state index contributed by atoms with van der Waals surface area (Å²) in [6.07, 6.45) is 0.979. The van der Waals surface area contributed by atoms with Gasteiger partial charge in [0.2, 0.25) is 5.95 Å². The first kappa shape index (κ1) is 14.1. The molecule has 0 aliphatic carbocycles. The minimum atomic E-state index is -0.251. The van der Waals surface area contributed by atoms with Crippen LogP contribution in [0.2, 0.25) is 0 Å². The van der Waals surface area contributed by atoms with Gasteiger partial charge in [-0.1, -0.05) is 31.2 Å². The Kier molecular flexibility index (Phi) is 4.05. The number of aromatic nitrogens is 2. The molecule has 3 aromatic rings. The topological polar surface area (TPSA) is 67.0 Å². The van der Waals surface area contributed by atoms with E-state index < -0.39 is 0 Å². The normalized spacial score (nSPS) is 10.6. The molecule has 0 atom stereocenters. The number of benzene rings is 2. The molecular formula is C17H17N3O2. The molecule has 0 bridgehead atoms. The van der Waals surface area contributed by atoms with Crippen LogP contribution in [0.4, 0.5) is 5.95 Å². The Hall–Kier alpha value is -2.82. The van der Waals surface area contributed by atoms with Gasteiger partial charge in [0.05, 0.1) is 11.0 Å². The molecule has 1 heterocycles. The number of fused-ring (bicyclic) bond motifs is 1. The molecule has 0 aliphatic rings. The van der Waals surface area contributed by atoms with E-state index in [2.05, 4.69) is 22.2 Å². The van der Waals surface area contributed by atoms with Crippen molar-refractivity contribution in [1.82, 2.24) is 9.97 Å². The predicted molar refractivity (Wildman–Crippen MR) is 86.0 cm³/mol. The zero-order chi connectivity index (χ0) is 15.4. The molecular weight excluding hydrogens is 278 g/mol. The number of para-hydroxylation sites is 2. The Morgan fingerprint density at radius 2 is 1.95 bits per heavy atom. The summed E-state index contributed by atoms with van der Waals surface area (Å²) in [5, 5.41) is 2.69. The van der Waals surface area contributed by atoms with Crippen LogP contribution in [0.15, 0.2) is 48.5 Å². The molecule has 5 heteroatoms. The number of nitrogens with one attached hydrogen (secondary N) is 2. The molecule has 0 saturated heterocycles. The van der Waals surface area contributed by atoms with Gasteiger partial charge in [-0.25, -0.2) is 4.98 Å². The van der Waals surface area contributed by atoms with Crippen LogP contribution in [0.5, 0.6) is 5.75 Å². The van der Waals surface area contributed by atoms with E-state index in [4.69, 9.17) is 4.74 Å². The monoisotopic (exact) mass is 295 g/mol. The number of carbonyl (C=O) groups is 1. The summed E-state index contributed by atoms with van der Waals surface area (Å²) in [5.41, 5.74) is 2.93. The second-order valence-corrected chi connectivity index (χ2v) is 4.94. The summed E-state index contributed by atoms with van der Waals surface area (Å²) in [4.78, 5) is 19.2. The Labute approximate surface area is 128 Å². The van der Waals surface area contributed by atoms with Gasteiger partial charge >= 0.3 is 0 Å². The maximum Gasteiger partial charge on any atom is 0.264 e. The number of aryl methyl sites for hydroxylation is 1. The molecule has 1 amide bonds. The number of H-pyrrole nitrogens is 1. The Morgan fingerprint density at radius 1 is 1.18 bits per heavy atom. The fourth-order valence-electron chi connectivity index (χ4n) is 2.15. The molecule has 112 valence electrons. The highest BCUT2D eigenvalue weighted by molar-refractivity contribution is 5.92. The van der Waals surface area contributed by atoms with Crippen molar-refractivity contribution in [2.75, 3.05) is 11.9 Å². The van der Waals surface area contributed by atoms with E-state index in [0.29, 0.717) is 11.7 Å². The molecule has 2 aromatic carbocycles. The number of imidazole rings is 1. The summed E-state index contributed by atoms with van der Waals surface area (Å²) >= 11 is 0. The van der Waals surface area contributed by atoms with Crippen molar-refractivity contribution in [2.24, 2.45) is 0 Å². The Morgan fingerprint density at radius 3 is 2.68 bits per heavy atom. The first-order valence-electron chi connectivity index (χ1n) is 7.21. The average molecular weight is 295 g/mol. The standard InChI is InChI=1S/C17H17N3O2/c1-2-12-7-9-13(10-8-12)22-11-16(21)20-17-18-14-5-3-4-6-15(14)19-17/h3-10H,2,11H2,1H3,(H2,18,19,20,21). The fourth-order valence-corrected chi connectivity index (χ4v) is 2.15. The first-order valence-corrected chi connectivity index (χ1v) is 7.21. The highest BCUT2D eigenvalue weighted by Crippen LogP contribution is 2.14. The van der Waals surface area contributed by atoms with E-state index in [1.807, 2.05) is 48.5 Å². The third kappa shape index (κ3) is 3.25. The van der Waals surface area contributed by atoms with Crippen molar-refractivity contribution < 1.29 is 9.53 Å². The SMILES string of the molecule is CCc1ccc(OCC(=O)Nc2nc3ccccc3[nH]2)cc1. The zero-order valence-corrected chi connectivity index (χ0v) is 12.3. The molecule has 2 N–H and O–H groups in total. The van der Waals surface area contributed by atoms with E-state index in [0.717, 1.165) is 17.5 Å². The number of amides is 1. The summed E-state index contributed by atoms with van der Waals surface area (Å²) in [5.74, 6) is 0.853. The van der Waals surface area contributed by atoms with Crippen LogP contribution >= 0.6 is 0 Å². The highest BCUT2D eigenvalue weighted by atomic mass is 16.5. The average Bonchev–Trinajstić information content (AvgIpc) is 2.95. The smallest absolute Gasteiger partial charge is 0.264 e. The van der Waals surface area contributed by atoms with Crippen LogP contribution in [0.3, 0.4) is 0 Å². The highest BCUT2D eigenvalue weighted by Gasteiger charge is 2.07. The van der Waals surface area contributed by atoms with Gasteiger partial charge < -0.3 is 9.72 Å². The number of aromatic amines is 1. The van der Waals surface area contributed by atoms with Crippen LogP contribution in [-0.2, 0) is 11.2 Å². The molecule has 0 fully saturated rings. The lowest BCUT2D eigenvalue weighted by atomic mass is 10.2. The lowest BCUT2D eigenvalue weighted by molar-refractivity contribution is -0.118. The van der Waals surface area contributed by atoms with Crippen molar-refractivity contribution in [3.05, 3.63) is 54.1 Å². The second-order valence-electron chi connectivity index (χ2n) is 4.94. The van der Waals surface area contributed by atoms with Crippen molar-refractivity contribution in [3.63, 3.8) is 0 Å². The van der Waals surface area contributed by atoms with Crippen molar-refractivity contribution in [3.8, 4) is 5.75 Å². The number of carbonyl (C=O) groups excluding carboxylic acids is 1. The molecule has 5 nitrogen and oxygen atoms in total. The molecule has 22 heavy (non-hydrogen) atoms. The van der Waals surface area contributed by atoms with Gasteiger partial charge in [-0.05, 0) is 36.2 Å². The van der Waals surface area contributed by atoms with Crippen LogP contribution < -0.4 is 10.1 Å². The molecule has 0 unspecified atom stereocenters. The third-order valence-corrected chi connectivity index (χ3v) is 3.35. The quantitative estimate of drug-likeness (QED) is 0.760. The van der Waals surface area contributed by atoms with Crippen molar-refractivity contribution in [2.45, 2.75) is 13.3 Å². The lowest BCUT2D eigenvalue weighted by Crippen LogP contribution is -2.20. The third-order valence-electron chi connectivity index (χ3n) is 3.35. The van der Waals surface area contributed by atoms with Gasteiger partial charge in [0.15, 0.2) is 6.61 Å². The predicted octanol–water partition coefficient (Wildman–Crippen LogP) is 3.14. The fraction of sp³-hybridized carbons (Fsp3) is 0.176. The second kappa shape index (κ2) is 6.30. The summed E-state index contributed by atoms with van der Waals surface area (Å²) in [6.45, 7) is 2.04. The maximum absolute atomic E-state index is 11.9. The van der Waals surface area contributed by atoms with Crippen LogP contribution in [0.1, 0.15) is 12.5 Å². The molecule has 3 rings (SSSR count). The summed E-state index contributed by atoms with van der Waals surface area (Å²) in [7, 11) is 0. The van der Waals surface area contributed by atoms with Crippen LogP contribution in [0, 0.1) is 0 Å². The van der Waals surface area contributed by atoms with E-state index >= 15 is 0 Å². The van der Waals surface area contributed by atoms with Gasteiger partial charge in [-0.3, -0.25) is 10.1 Å². The maximum atomic E-state index is 11.9. The minimum absolute atomic E-state index is 0.0531. The summed E-state index contributed by atoms with van der Waals surface area (Å²) < 4.78 is 5.46. The van der Waals surface area contributed by atoms with Gasteiger partial charge in [-0.15, -0.1) is 0 Å². The molecule has 1 aromatic heterocycles. The van der Waals surface area contributed by atoms with Gasteiger partial charge in [0.1, 0.15) is 5.75 Å². The van der Waals surface area contributed by atoms with Gasteiger partial charge in [0, 0.05) is 0 Å². The van der Waals surface area contributed by atoms with E-state index in [1.165, 1.54) is 5.56 Å². The minimum Gasteiger partial charge on any atom is -0.484 e. The van der Waals surface area contributed by atoms with Crippen molar-refractivity contribution >= 4 is 22.9 Å². The summed E-state index contributed by atoms with van der Waals surface area (Å²) in [6, 6.07) is 15.3. The first-order chi connectivity index (χ1) is 10.7. The van der Waals surface area contributed by atoms with Crippen molar-refractivity contribution in [1.29, 1.82) is 0 Å². The number of hydrogen-bond donors (Lipinski definition) is 2. The molecule has 0 saturated carbocycles. The largest absolute Gasteiger partial charge is 0.484 e. The number of nitrogens with zero attached hydrogens (tertiary/aromatic N) is 1. The lowest BCUT2D eigenvalue weighted by Gasteiger charge is -2.06. The van der Waals surface area contributed by atoms with E-state index in [-0.39, 0.29) is 12.5 Å². The van der Waals surface area contributed by atoms with Gasteiger partial charge in [0.25, 0.3) is 5.91 Å². The Balaban J connectivity index is 1.57. The number of anilines is 1. The van der Waals surface area contributed by atoms with E-state index in [1.54, 1.807) is 0 Å².